The Bertz CT molecular complexity index is 1050. The Balaban J connectivity index is 3.56. The van der Waals surface area contributed by atoms with Crippen molar-refractivity contribution in [3.8, 4) is 11.5 Å². The van der Waals surface area contributed by atoms with Gasteiger partial charge in [-0.15, -0.1) is 0 Å². The van der Waals surface area contributed by atoms with Gasteiger partial charge in [0.05, 0.1) is 11.8 Å². The first-order chi connectivity index (χ1) is 18.9. The molecule has 10 heteroatoms. The Kier molecular flexibility index (Phi) is 13.8. The highest BCUT2D eigenvalue weighted by molar-refractivity contribution is 5.81. The minimum Gasteiger partial charge on any atom is -0.477 e. The molecule has 0 spiro atoms. The van der Waals surface area contributed by atoms with Crippen molar-refractivity contribution in [2.24, 2.45) is 29.6 Å². The maximum atomic E-state index is 12.9. The molecule has 0 aliphatic heterocycles. The Hall–Kier alpha value is -3.14. The molecule has 0 amide bonds. The minimum absolute atomic E-state index is 0.00955. The first-order valence-corrected chi connectivity index (χ1v) is 14.4. The average Bonchev–Trinajstić information content (AvgIpc) is 2.88. The predicted octanol–water partition coefficient (Wildman–Crippen LogP) is 5.99. The van der Waals surface area contributed by atoms with Gasteiger partial charge in [0, 0.05) is 12.5 Å². The van der Waals surface area contributed by atoms with E-state index in [2.05, 4.69) is 5.32 Å². The van der Waals surface area contributed by atoms with E-state index < -0.39 is 47.7 Å². The number of rotatable bonds is 15. The molecular formula is C31H49NO9. The van der Waals surface area contributed by atoms with Crippen molar-refractivity contribution in [3.63, 3.8) is 0 Å². The van der Waals surface area contributed by atoms with Crippen LogP contribution in [0.1, 0.15) is 88.1 Å². The molecule has 0 saturated heterocycles. The molecule has 0 saturated carbocycles. The lowest BCUT2D eigenvalue weighted by molar-refractivity contribution is -0.168. The van der Waals surface area contributed by atoms with Gasteiger partial charge in [-0.2, -0.15) is 0 Å². The van der Waals surface area contributed by atoms with E-state index >= 15 is 0 Å². The normalized spacial score (nSPS) is 16.0. The molecule has 0 fully saturated rings. The summed E-state index contributed by atoms with van der Waals surface area (Å²) in [4.78, 5) is 51.0. The summed E-state index contributed by atoms with van der Waals surface area (Å²) >= 11 is 0. The predicted molar refractivity (Wildman–Crippen MR) is 155 cm³/mol. The van der Waals surface area contributed by atoms with Crippen LogP contribution in [0.2, 0.25) is 0 Å². The summed E-state index contributed by atoms with van der Waals surface area (Å²) in [5.41, 5.74) is -1.84. The number of ether oxygens (including phenoxy) is 4. The van der Waals surface area contributed by atoms with Crippen molar-refractivity contribution in [3.05, 3.63) is 23.8 Å². The molecule has 2 N–H and O–H groups in total. The number of carbonyl (C=O) groups is 4. The Morgan fingerprint density at radius 1 is 0.805 bits per heavy atom. The van der Waals surface area contributed by atoms with Gasteiger partial charge in [0.25, 0.3) is 5.72 Å². The maximum absolute atomic E-state index is 12.9. The monoisotopic (exact) mass is 579 g/mol. The molecule has 41 heavy (non-hydrogen) atoms. The van der Waals surface area contributed by atoms with Gasteiger partial charge in [-0.1, -0.05) is 68.4 Å². The summed E-state index contributed by atoms with van der Waals surface area (Å²) < 4.78 is 22.1. The van der Waals surface area contributed by atoms with Gasteiger partial charge in [-0.25, -0.2) is 9.59 Å². The summed E-state index contributed by atoms with van der Waals surface area (Å²) in [6.07, 6.45) is -1.42. The highest BCUT2D eigenvalue weighted by Gasteiger charge is 2.45. The fourth-order valence-corrected chi connectivity index (χ4v) is 3.31. The van der Waals surface area contributed by atoms with Gasteiger partial charge < -0.3 is 24.1 Å². The number of benzene rings is 1. The van der Waals surface area contributed by atoms with Crippen LogP contribution in [0.15, 0.2) is 18.2 Å². The number of esters is 2. The minimum atomic E-state index is -2.19. The Morgan fingerprint density at radius 2 is 1.32 bits per heavy atom. The second-order valence-corrected chi connectivity index (χ2v) is 11.9. The lowest BCUT2D eigenvalue weighted by atomic mass is 9.98. The lowest BCUT2D eigenvalue weighted by Gasteiger charge is -2.33. The topological polar surface area (TPSA) is 137 Å². The third kappa shape index (κ3) is 10.6. The summed E-state index contributed by atoms with van der Waals surface area (Å²) in [6, 6.07) is 4.06. The third-order valence-corrected chi connectivity index (χ3v) is 7.54. The number of carbonyl (C=O) groups excluding carboxylic acids is 3. The fourth-order valence-electron chi connectivity index (χ4n) is 3.31. The first kappa shape index (κ1) is 35.9. The molecular weight excluding hydrogens is 530 g/mol. The van der Waals surface area contributed by atoms with Crippen molar-refractivity contribution in [2.75, 3.05) is 0 Å². The standard InChI is InChI=1S/C31H49NO9/c1-12-20(8)32-31(29(35)36,41-30(37)38-23(11)19(6)7)16-24-13-14-25(39-27(33)21(9)17(2)3)26(15-24)40-28(34)22(10)18(4)5/h13-15,17-23,32H,12,16H2,1-11H3,(H,35,36)/t20?,21?,22?,23?,31-/m0/s1. The van der Waals surface area contributed by atoms with Crippen LogP contribution in [0, 0.1) is 29.6 Å². The maximum Gasteiger partial charge on any atom is 0.510 e. The summed E-state index contributed by atoms with van der Waals surface area (Å²) in [7, 11) is 0. The lowest BCUT2D eigenvalue weighted by Crippen LogP contribution is -2.59. The number of nitrogens with one attached hydrogen (secondary N) is 1. The van der Waals surface area contributed by atoms with E-state index in [9.17, 15) is 24.3 Å². The number of carboxylic acid groups (broad SMARTS) is 1. The number of carboxylic acids is 1. The van der Waals surface area contributed by atoms with Crippen molar-refractivity contribution in [2.45, 2.75) is 107 Å². The highest BCUT2D eigenvalue weighted by atomic mass is 16.7. The molecule has 0 heterocycles. The largest absolute Gasteiger partial charge is 0.510 e. The number of aliphatic carboxylic acids is 1. The molecule has 0 aliphatic carbocycles. The number of hydrogen-bond acceptors (Lipinski definition) is 9. The quantitative estimate of drug-likeness (QED) is 0.145. The van der Waals surface area contributed by atoms with E-state index in [1.807, 2.05) is 48.5 Å². The molecule has 1 aromatic carbocycles. The smallest absolute Gasteiger partial charge is 0.477 e. The van der Waals surface area contributed by atoms with Crippen LogP contribution in [-0.4, -0.2) is 47.0 Å². The Labute approximate surface area is 244 Å². The summed E-state index contributed by atoms with van der Waals surface area (Å²) in [5.74, 6) is -3.34. The van der Waals surface area contributed by atoms with Gasteiger partial charge in [0.2, 0.25) is 0 Å². The van der Waals surface area contributed by atoms with Crippen LogP contribution in [0.3, 0.4) is 0 Å². The van der Waals surface area contributed by atoms with Crippen molar-refractivity contribution >= 4 is 24.1 Å². The Morgan fingerprint density at radius 3 is 1.76 bits per heavy atom. The van der Waals surface area contributed by atoms with Crippen LogP contribution in [-0.2, 0) is 30.3 Å². The average molecular weight is 580 g/mol. The zero-order valence-corrected chi connectivity index (χ0v) is 26.4. The van der Waals surface area contributed by atoms with Gasteiger partial charge in [-0.3, -0.25) is 14.9 Å². The second-order valence-electron chi connectivity index (χ2n) is 11.9. The van der Waals surface area contributed by atoms with Crippen LogP contribution in [0.25, 0.3) is 0 Å². The molecule has 1 rings (SSSR count). The van der Waals surface area contributed by atoms with Crippen molar-refractivity contribution in [1.29, 1.82) is 0 Å². The van der Waals surface area contributed by atoms with Crippen LogP contribution in [0.4, 0.5) is 4.79 Å². The van der Waals surface area contributed by atoms with Crippen LogP contribution < -0.4 is 14.8 Å². The van der Waals surface area contributed by atoms with E-state index in [1.165, 1.54) is 18.2 Å². The van der Waals surface area contributed by atoms with Crippen LogP contribution in [0.5, 0.6) is 11.5 Å². The van der Waals surface area contributed by atoms with Crippen molar-refractivity contribution < 1.29 is 43.2 Å². The molecule has 5 atom stereocenters. The SMILES string of the molecule is CCC(C)N[C@@](Cc1ccc(OC(=O)C(C)C(C)C)c(OC(=O)C(C)C(C)C)c1)(OC(=O)OC(C)C(C)C)C(=O)O. The van der Waals surface area contributed by atoms with Crippen molar-refractivity contribution in [1.82, 2.24) is 5.32 Å². The molecule has 0 aliphatic rings. The van der Waals surface area contributed by atoms with E-state index in [1.54, 1.807) is 27.7 Å². The van der Waals surface area contributed by atoms with Gasteiger partial charge in [0.15, 0.2) is 11.5 Å². The zero-order chi connectivity index (χ0) is 31.7. The third-order valence-electron chi connectivity index (χ3n) is 7.54. The molecule has 1 aromatic rings. The fraction of sp³-hybridized carbons (Fsp3) is 0.677. The van der Waals surface area contributed by atoms with Gasteiger partial charge >= 0.3 is 24.1 Å². The van der Waals surface area contributed by atoms with E-state index in [0.29, 0.717) is 12.0 Å². The highest BCUT2D eigenvalue weighted by Crippen LogP contribution is 2.33. The summed E-state index contributed by atoms with van der Waals surface area (Å²) in [6.45, 7) is 20.1. The molecule has 10 nitrogen and oxygen atoms in total. The molecule has 232 valence electrons. The van der Waals surface area contributed by atoms with E-state index in [0.717, 1.165) is 0 Å². The molecule has 0 bridgehead atoms. The molecule has 4 unspecified atom stereocenters. The van der Waals surface area contributed by atoms with Gasteiger partial charge in [-0.05, 0) is 55.7 Å². The van der Waals surface area contributed by atoms with Gasteiger partial charge in [0.1, 0.15) is 6.10 Å². The molecule has 0 radical (unpaired) electrons. The van der Waals surface area contributed by atoms with E-state index in [-0.39, 0.29) is 41.7 Å². The number of hydrogen-bond donors (Lipinski definition) is 2. The second kappa shape index (κ2) is 15.7. The zero-order valence-electron chi connectivity index (χ0n) is 26.4. The molecule has 0 aromatic heterocycles. The van der Waals surface area contributed by atoms with E-state index in [4.69, 9.17) is 18.9 Å². The first-order valence-electron chi connectivity index (χ1n) is 14.4. The summed E-state index contributed by atoms with van der Waals surface area (Å²) in [5, 5.41) is 13.2. The van der Waals surface area contributed by atoms with Crippen LogP contribution >= 0.6 is 0 Å².